The van der Waals surface area contributed by atoms with Crippen molar-refractivity contribution in [3.63, 3.8) is 0 Å². The Morgan fingerprint density at radius 1 is 0.941 bits per heavy atom. The summed E-state index contributed by atoms with van der Waals surface area (Å²) in [5.41, 5.74) is 1.34. The summed E-state index contributed by atoms with van der Waals surface area (Å²) in [4.78, 5) is 28.4. The van der Waals surface area contributed by atoms with Crippen molar-refractivity contribution in [2.75, 3.05) is 0 Å². The Hall–Kier alpha value is -2.56. The van der Waals surface area contributed by atoms with Gasteiger partial charge in [0.1, 0.15) is 6.04 Å². The molecule has 1 atom stereocenters. The molecule has 3 aromatic carbocycles. The number of hydrogen-bond donors (Lipinski definition) is 1. The summed E-state index contributed by atoms with van der Waals surface area (Å²) >= 11 is 12.9. The van der Waals surface area contributed by atoms with E-state index in [0.717, 1.165) is 16.3 Å². The first kappa shape index (κ1) is 26.1. The van der Waals surface area contributed by atoms with E-state index in [9.17, 15) is 9.59 Å². The van der Waals surface area contributed by atoms with Gasteiger partial charge in [-0.15, -0.1) is 0 Å². The van der Waals surface area contributed by atoms with Crippen LogP contribution in [0.3, 0.4) is 0 Å². The molecule has 0 bridgehead atoms. The topological polar surface area (TPSA) is 49.4 Å². The van der Waals surface area contributed by atoms with Gasteiger partial charge >= 0.3 is 0 Å². The molecule has 0 aromatic heterocycles. The van der Waals surface area contributed by atoms with Crippen molar-refractivity contribution < 1.29 is 9.59 Å². The number of nitrogens with one attached hydrogen (secondary N) is 1. The van der Waals surface area contributed by atoms with Gasteiger partial charge in [-0.25, -0.2) is 0 Å². The molecule has 0 saturated heterocycles. The fraction of sp³-hybridized carbons (Fsp3) is 0.357. The molecule has 4 nitrogen and oxygen atoms in total. The maximum atomic E-state index is 13.6. The lowest BCUT2D eigenvalue weighted by Gasteiger charge is -2.33. The van der Waals surface area contributed by atoms with E-state index in [4.69, 9.17) is 23.2 Å². The Morgan fingerprint density at radius 2 is 1.56 bits per heavy atom. The molecular weight excluding hydrogens is 467 g/mol. The predicted octanol–water partition coefficient (Wildman–Crippen LogP) is 6.80. The fourth-order valence-corrected chi connectivity index (χ4v) is 4.64. The minimum Gasteiger partial charge on any atom is -0.350 e. The number of hydrogen-bond acceptors (Lipinski definition) is 2. The molecule has 3 rings (SSSR count). The molecule has 2 amide bonds. The van der Waals surface area contributed by atoms with Crippen LogP contribution in [0.15, 0.2) is 60.7 Å². The highest BCUT2D eigenvalue weighted by atomic mass is 35.5. The third kappa shape index (κ3) is 6.52. The number of fused-ring (bicyclic) bond motifs is 1. The lowest BCUT2D eigenvalue weighted by Crippen LogP contribution is -2.53. The van der Waals surface area contributed by atoms with Crippen LogP contribution in [-0.2, 0) is 22.6 Å². The van der Waals surface area contributed by atoms with Gasteiger partial charge in [0, 0.05) is 34.1 Å². The Bertz CT molecular complexity index is 1150. The molecule has 1 N–H and O–H groups in total. The Labute approximate surface area is 212 Å². The first-order valence-corrected chi connectivity index (χ1v) is 12.4. The number of benzene rings is 3. The van der Waals surface area contributed by atoms with Crippen molar-refractivity contribution in [1.82, 2.24) is 10.2 Å². The van der Waals surface area contributed by atoms with Gasteiger partial charge < -0.3 is 10.2 Å². The molecule has 3 aromatic rings. The zero-order valence-electron chi connectivity index (χ0n) is 20.2. The average molecular weight is 499 g/mol. The van der Waals surface area contributed by atoms with Crippen LogP contribution >= 0.6 is 23.2 Å². The van der Waals surface area contributed by atoms with Gasteiger partial charge in [-0.3, -0.25) is 9.59 Å². The van der Waals surface area contributed by atoms with Crippen LogP contribution in [0.25, 0.3) is 10.8 Å². The van der Waals surface area contributed by atoms with Crippen molar-refractivity contribution >= 4 is 45.8 Å². The number of halogens is 2. The van der Waals surface area contributed by atoms with Gasteiger partial charge in [-0.2, -0.15) is 0 Å². The predicted molar refractivity (Wildman–Crippen MR) is 141 cm³/mol. The summed E-state index contributed by atoms with van der Waals surface area (Å²) in [6, 6.07) is 18.9. The van der Waals surface area contributed by atoms with Gasteiger partial charge in [0.25, 0.3) is 0 Å². The van der Waals surface area contributed by atoms with E-state index in [1.165, 1.54) is 0 Å². The van der Waals surface area contributed by atoms with E-state index in [1.54, 1.807) is 23.1 Å². The lowest BCUT2D eigenvalue weighted by molar-refractivity contribution is -0.142. The molecule has 0 fully saturated rings. The van der Waals surface area contributed by atoms with E-state index < -0.39 is 11.6 Å². The number of nitrogens with zero attached hydrogens (tertiary/aromatic N) is 1. The highest BCUT2D eigenvalue weighted by Crippen LogP contribution is 2.28. The largest absolute Gasteiger partial charge is 0.350 e. The van der Waals surface area contributed by atoms with Crippen molar-refractivity contribution in [3.05, 3.63) is 81.8 Å². The Morgan fingerprint density at radius 3 is 2.21 bits per heavy atom. The summed E-state index contributed by atoms with van der Waals surface area (Å²) in [6.45, 7) is 7.86. The van der Waals surface area contributed by atoms with Crippen molar-refractivity contribution in [2.45, 2.75) is 65.1 Å². The summed E-state index contributed by atoms with van der Waals surface area (Å²) in [5.74, 6) is -0.295. The summed E-state index contributed by atoms with van der Waals surface area (Å²) < 4.78 is 0. The number of aryl methyl sites for hydroxylation is 1. The average Bonchev–Trinajstić information content (AvgIpc) is 2.78. The molecule has 0 heterocycles. The molecule has 34 heavy (non-hydrogen) atoms. The number of carbonyl (C=O) groups is 2. The maximum Gasteiger partial charge on any atom is 0.243 e. The summed E-state index contributed by atoms with van der Waals surface area (Å²) in [5, 5.41) is 6.25. The SMILES string of the molecule is CC[C@@H](C(=O)NC(C)(C)C)N(Cc1c(Cl)cccc1Cl)C(=O)CCc1cccc2ccccc12. The quantitative estimate of drug-likeness (QED) is 0.371. The van der Waals surface area contributed by atoms with Crippen molar-refractivity contribution in [3.8, 4) is 0 Å². The molecule has 0 aliphatic heterocycles. The molecule has 0 spiro atoms. The second-order valence-electron chi connectivity index (χ2n) is 9.52. The second kappa shape index (κ2) is 11.2. The van der Waals surface area contributed by atoms with Crippen molar-refractivity contribution in [1.29, 1.82) is 0 Å². The van der Waals surface area contributed by atoms with E-state index in [2.05, 4.69) is 29.6 Å². The zero-order valence-corrected chi connectivity index (χ0v) is 21.7. The van der Waals surface area contributed by atoms with Crippen LogP contribution in [0, 0.1) is 0 Å². The van der Waals surface area contributed by atoms with Crippen LogP contribution in [-0.4, -0.2) is 28.3 Å². The van der Waals surface area contributed by atoms with E-state index in [-0.39, 0.29) is 24.8 Å². The first-order valence-electron chi connectivity index (χ1n) is 11.6. The Balaban J connectivity index is 1.89. The molecule has 180 valence electrons. The standard InChI is InChI=1S/C28H32Cl2N2O2/c1-5-25(27(34)31-28(2,3)4)32(18-22-23(29)14-9-15-24(22)30)26(33)17-16-20-12-8-11-19-10-6-7-13-21(19)20/h6-15,25H,5,16-18H2,1-4H3,(H,31,34)/t25-/m0/s1. The van der Waals surface area contributed by atoms with Gasteiger partial charge in [-0.05, 0) is 62.1 Å². The third-order valence-electron chi connectivity index (χ3n) is 5.76. The van der Waals surface area contributed by atoms with E-state index in [1.807, 2.05) is 45.9 Å². The lowest BCUT2D eigenvalue weighted by atomic mass is 10.00. The van der Waals surface area contributed by atoms with Crippen LogP contribution in [0.1, 0.15) is 51.7 Å². The van der Waals surface area contributed by atoms with Crippen molar-refractivity contribution in [2.24, 2.45) is 0 Å². The molecule has 0 unspecified atom stereocenters. The monoisotopic (exact) mass is 498 g/mol. The first-order chi connectivity index (χ1) is 16.1. The van der Waals surface area contributed by atoms with Crippen LogP contribution in [0.2, 0.25) is 10.0 Å². The molecule has 6 heteroatoms. The minimum absolute atomic E-state index is 0.111. The van der Waals surface area contributed by atoms with Crippen LogP contribution < -0.4 is 5.32 Å². The number of rotatable bonds is 8. The highest BCUT2D eigenvalue weighted by molar-refractivity contribution is 6.36. The molecule has 0 aliphatic rings. The van der Waals surface area contributed by atoms with Gasteiger partial charge in [0.15, 0.2) is 0 Å². The molecule has 0 radical (unpaired) electrons. The van der Waals surface area contributed by atoms with Gasteiger partial charge in [-0.1, -0.05) is 78.7 Å². The number of amides is 2. The minimum atomic E-state index is -0.633. The fourth-order valence-electron chi connectivity index (χ4n) is 4.12. The molecule has 0 aliphatic carbocycles. The third-order valence-corrected chi connectivity index (χ3v) is 6.47. The molecule has 0 saturated carbocycles. The van der Waals surface area contributed by atoms with Gasteiger partial charge in [0.05, 0.1) is 0 Å². The summed E-state index contributed by atoms with van der Waals surface area (Å²) in [6.07, 6.45) is 1.32. The molecular formula is C28H32Cl2N2O2. The normalized spacial score (nSPS) is 12.4. The summed E-state index contributed by atoms with van der Waals surface area (Å²) in [7, 11) is 0. The van der Waals surface area contributed by atoms with Crippen LogP contribution in [0.5, 0.6) is 0 Å². The zero-order chi connectivity index (χ0) is 24.9. The van der Waals surface area contributed by atoms with Crippen LogP contribution in [0.4, 0.5) is 0 Å². The van der Waals surface area contributed by atoms with Gasteiger partial charge in [0.2, 0.25) is 11.8 Å². The van der Waals surface area contributed by atoms with E-state index >= 15 is 0 Å². The Kier molecular flexibility index (Phi) is 8.62. The highest BCUT2D eigenvalue weighted by Gasteiger charge is 2.31. The maximum absolute atomic E-state index is 13.6. The smallest absolute Gasteiger partial charge is 0.243 e. The second-order valence-corrected chi connectivity index (χ2v) is 10.3. The number of carbonyl (C=O) groups excluding carboxylic acids is 2. The van der Waals surface area contributed by atoms with E-state index in [0.29, 0.717) is 28.5 Å².